The lowest BCUT2D eigenvalue weighted by atomic mass is 10.0. The summed E-state index contributed by atoms with van der Waals surface area (Å²) in [5.41, 5.74) is 3.65. The van der Waals surface area contributed by atoms with Crippen molar-refractivity contribution in [3.63, 3.8) is 0 Å². The van der Waals surface area contributed by atoms with Gasteiger partial charge in [-0.05, 0) is 79.0 Å². The second kappa shape index (κ2) is 5.95. The summed E-state index contributed by atoms with van der Waals surface area (Å²) in [6, 6.07) is 12.6. The molecular weight excluding hydrogens is 467 g/mol. The highest BCUT2D eigenvalue weighted by Crippen LogP contribution is 2.41. The van der Waals surface area contributed by atoms with Gasteiger partial charge in [0.05, 0.1) is 5.38 Å². The highest BCUT2D eigenvalue weighted by Gasteiger charge is 2.19. The molecular formula is C16H11BrClIS. The third kappa shape index (κ3) is 2.54. The van der Waals surface area contributed by atoms with Crippen molar-refractivity contribution in [1.29, 1.82) is 0 Å². The molecule has 0 spiro atoms. The SMILES string of the molecule is Cc1cccc(C(Cl)c2csc3c(Br)cccc23)c1I. The zero-order valence-corrected chi connectivity index (χ0v) is 16.0. The third-order valence-electron chi connectivity index (χ3n) is 3.35. The van der Waals surface area contributed by atoms with E-state index in [0.29, 0.717) is 0 Å². The van der Waals surface area contributed by atoms with Gasteiger partial charge in [0.2, 0.25) is 0 Å². The first kappa shape index (κ1) is 14.8. The van der Waals surface area contributed by atoms with E-state index in [1.165, 1.54) is 30.3 Å². The minimum atomic E-state index is -0.107. The normalized spacial score (nSPS) is 12.8. The van der Waals surface area contributed by atoms with Crippen LogP contribution in [0.4, 0.5) is 0 Å². The molecule has 2 aromatic carbocycles. The van der Waals surface area contributed by atoms with Crippen molar-refractivity contribution in [2.75, 3.05) is 0 Å². The molecule has 0 aliphatic rings. The molecule has 3 rings (SSSR count). The fourth-order valence-electron chi connectivity index (χ4n) is 2.27. The number of hydrogen-bond donors (Lipinski definition) is 0. The smallest absolute Gasteiger partial charge is 0.0859 e. The highest BCUT2D eigenvalue weighted by atomic mass is 127. The summed E-state index contributed by atoms with van der Waals surface area (Å²) in [6.45, 7) is 2.12. The molecule has 0 aliphatic heterocycles. The maximum absolute atomic E-state index is 6.77. The van der Waals surface area contributed by atoms with Crippen molar-refractivity contribution in [1.82, 2.24) is 0 Å². The molecule has 4 heteroatoms. The first-order valence-corrected chi connectivity index (χ1v) is 9.33. The summed E-state index contributed by atoms with van der Waals surface area (Å²) >= 11 is 14.5. The van der Waals surface area contributed by atoms with Crippen LogP contribution >= 0.6 is 61.5 Å². The molecule has 1 aromatic heterocycles. The summed E-state index contributed by atoms with van der Waals surface area (Å²) < 4.78 is 3.64. The van der Waals surface area contributed by atoms with Gasteiger partial charge >= 0.3 is 0 Å². The van der Waals surface area contributed by atoms with E-state index in [1.54, 1.807) is 11.3 Å². The maximum Gasteiger partial charge on any atom is 0.0859 e. The van der Waals surface area contributed by atoms with Crippen LogP contribution in [0.3, 0.4) is 0 Å². The second-order valence-electron chi connectivity index (χ2n) is 4.65. The monoisotopic (exact) mass is 476 g/mol. The number of alkyl halides is 1. The van der Waals surface area contributed by atoms with E-state index in [-0.39, 0.29) is 5.38 Å². The quantitative estimate of drug-likeness (QED) is 0.278. The Morgan fingerprint density at radius 2 is 1.90 bits per heavy atom. The zero-order chi connectivity index (χ0) is 14.3. The van der Waals surface area contributed by atoms with Crippen LogP contribution in [0.1, 0.15) is 22.1 Å². The van der Waals surface area contributed by atoms with Gasteiger partial charge in [0.25, 0.3) is 0 Å². The van der Waals surface area contributed by atoms with Crippen molar-refractivity contribution in [2.24, 2.45) is 0 Å². The Kier molecular flexibility index (Phi) is 4.41. The zero-order valence-electron chi connectivity index (χ0n) is 10.7. The average molecular weight is 478 g/mol. The number of aryl methyl sites for hydroxylation is 1. The summed E-state index contributed by atoms with van der Waals surface area (Å²) in [7, 11) is 0. The van der Waals surface area contributed by atoms with Crippen LogP contribution in [0.2, 0.25) is 0 Å². The average Bonchev–Trinajstić information content (AvgIpc) is 2.86. The standard InChI is InChI=1S/C16H11BrClIS/c1-9-4-2-6-11(15(9)19)14(18)12-8-20-16-10(12)5-3-7-13(16)17/h2-8,14H,1H3. The summed E-state index contributed by atoms with van der Waals surface area (Å²) in [6.07, 6.45) is 0. The molecule has 0 fully saturated rings. The van der Waals surface area contributed by atoms with Gasteiger partial charge < -0.3 is 0 Å². The fourth-order valence-corrected chi connectivity index (χ4v) is 5.21. The molecule has 3 aromatic rings. The van der Waals surface area contributed by atoms with Crippen molar-refractivity contribution in [3.05, 3.63) is 66.5 Å². The second-order valence-corrected chi connectivity index (χ2v) is 7.90. The van der Waals surface area contributed by atoms with E-state index in [4.69, 9.17) is 11.6 Å². The molecule has 0 amide bonds. The van der Waals surface area contributed by atoms with Crippen molar-refractivity contribution in [2.45, 2.75) is 12.3 Å². The van der Waals surface area contributed by atoms with Crippen molar-refractivity contribution < 1.29 is 0 Å². The molecule has 0 saturated heterocycles. The fraction of sp³-hybridized carbons (Fsp3) is 0.125. The Hall–Kier alpha value is -0.100. The molecule has 1 unspecified atom stereocenters. The molecule has 0 N–H and O–H groups in total. The highest BCUT2D eigenvalue weighted by molar-refractivity contribution is 14.1. The van der Waals surface area contributed by atoms with Gasteiger partial charge in [-0.25, -0.2) is 0 Å². The summed E-state index contributed by atoms with van der Waals surface area (Å²) in [4.78, 5) is 0. The van der Waals surface area contributed by atoms with Gasteiger partial charge in [0.15, 0.2) is 0 Å². The van der Waals surface area contributed by atoms with E-state index >= 15 is 0 Å². The molecule has 102 valence electrons. The number of thiophene rings is 1. The van der Waals surface area contributed by atoms with Crippen LogP contribution in [0, 0.1) is 10.5 Å². The van der Waals surface area contributed by atoms with E-state index in [1.807, 2.05) is 0 Å². The third-order valence-corrected chi connectivity index (χ3v) is 7.26. The Morgan fingerprint density at radius 1 is 1.15 bits per heavy atom. The van der Waals surface area contributed by atoms with Gasteiger partial charge in [0.1, 0.15) is 0 Å². The van der Waals surface area contributed by atoms with Crippen LogP contribution in [-0.2, 0) is 0 Å². The van der Waals surface area contributed by atoms with E-state index < -0.39 is 0 Å². The van der Waals surface area contributed by atoms with E-state index in [9.17, 15) is 0 Å². The molecule has 0 saturated carbocycles. The lowest BCUT2D eigenvalue weighted by Crippen LogP contribution is -1.97. The lowest BCUT2D eigenvalue weighted by molar-refractivity contribution is 1.14. The van der Waals surface area contributed by atoms with Crippen LogP contribution < -0.4 is 0 Å². The molecule has 0 nitrogen and oxygen atoms in total. The molecule has 1 atom stereocenters. The molecule has 0 radical (unpaired) electrons. The van der Waals surface area contributed by atoms with Crippen LogP contribution in [0.25, 0.3) is 10.1 Å². The first-order chi connectivity index (χ1) is 9.59. The van der Waals surface area contributed by atoms with Crippen molar-refractivity contribution >= 4 is 71.5 Å². The number of hydrogen-bond acceptors (Lipinski definition) is 1. The molecule has 0 bridgehead atoms. The van der Waals surface area contributed by atoms with Gasteiger partial charge in [-0.1, -0.05) is 30.3 Å². The van der Waals surface area contributed by atoms with Gasteiger partial charge in [0, 0.05) is 12.7 Å². The minimum absolute atomic E-state index is 0.107. The lowest BCUT2D eigenvalue weighted by Gasteiger charge is -2.13. The number of halogens is 3. The van der Waals surface area contributed by atoms with Gasteiger partial charge in [-0.15, -0.1) is 22.9 Å². The first-order valence-electron chi connectivity index (χ1n) is 6.14. The minimum Gasteiger partial charge on any atom is -0.142 e. The predicted molar refractivity (Wildman–Crippen MR) is 101 cm³/mol. The molecule has 1 heterocycles. The van der Waals surface area contributed by atoms with Crippen LogP contribution in [-0.4, -0.2) is 0 Å². The Labute approximate surface area is 149 Å². The predicted octanol–water partition coefficient (Wildman–Crippen LogP) is 6.91. The Bertz CT molecular complexity index is 781. The molecule has 20 heavy (non-hydrogen) atoms. The van der Waals surface area contributed by atoms with Crippen LogP contribution in [0.5, 0.6) is 0 Å². The van der Waals surface area contributed by atoms with E-state index in [2.05, 4.69) is 87.2 Å². The topological polar surface area (TPSA) is 0 Å². The Morgan fingerprint density at radius 3 is 2.70 bits per heavy atom. The number of benzene rings is 2. The number of rotatable bonds is 2. The largest absolute Gasteiger partial charge is 0.142 e. The maximum atomic E-state index is 6.77. The van der Waals surface area contributed by atoms with E-state index in [0.717, 1.165) is 4.47 Å². The van der Waals surface area contributed by atoms with Gasteiger partial charge in [-0.3, -0.25) is 0 Å². The van der Waals surface area contributed by atoms with Gasteiger partial charge in [-0.2, -0.15) is 0 Å². The molecule has 0 aliphatic carbocycles. The number of fused-ring (bicyclic) bond motifs is 1. The Balaban J connectivity index is 2.16. The van der Waals surface area contributed by atoms with Crippen molar-refractivity contribution in [3.8, 4) is 0 Å². The summed E-state index contributed by atoms with van der Waals surface area (Å²) in [5.74, 6) is 0. The van der Waals surface area contributed by atoms with Crippen LogP contribution in [0.15, 0.2) is 46.3 Å². The summed E-state index contributed by atoms with van der Waals surface area (Å²) in [5, 5.41) is 3.30.